The molecule has 0 radical (unpaired) electrons. The van der Waals surface area contributed by atoms with Gasteiger partial charge >= 0.3 is 0 Å². The molecule has 0 bridgehead atoms. The van der Waals surface area contributed by atoms with Crippen molar-refractivity contribution in [1.82, 2.24) is 5.32 Å². The summed E-state index contributed by atoms with van der Waals surface area (Å²) in [7, 11) is 0. The molecule has 0 aliphatic rings. The molecule has 3 nitrogen and oxygen atoms in total. The number of nitrogens with one attached hydrogen (secondary N) is 1. The fraction of sp³-hybridized carbons (Fsp3) is 0.529. The molecule has 0 aromatic heterocycles. The van der Waals surface area contributed by atoms with Crippen molar-refractivity contribution in [2.45, 2.75) is 52.0 Å². The molecule has 1 aromatic carbocycles. The van der Waals surface area contributed by atoms with Crippen molar-refractivity contribution in [2.24, 2.45) is 11.7 Å². The van der Waals surface area contributed by atoms with Crippen LogP contribution in [0, 0.1) is 5.92 Å². The van der Waals surface area contributed by atoms with Gasteiger partial charge in [-0.15, -0.1) is 0 Å². The lowest BCUT2D eigenvalue weighted by molar-refractivity contribution is -0.124. The average Bonchev–Trinajstić information content (AvgIpc) is 2.47. The molecule has 3 atom stereocenters. The standard InChI is InChI=1S/C17H26N2OS/c1-4-12(3)16(13-9-7-6-8-10-13)17(20)19-14(5-2)11-15(18)21/h6-10,12,14,16H,4-5,11H2,1-3H3,(H2,18,21)(H,19,20). The first-order valence-electron chi connectivity index (χ1n) is 7.63. The predicted octanol–water partition coefficient (Wildman–Crippen LogP) is 3.39. The number of nitrogens with two attached hydrogens (primary N) is 1. The third-order valence-electron chi connectivity index (χ3n) is 3.94. The maximum Gasteiger partial charge on any atom is 0.228 e. The third-order valence-corrected chi connectivity index (χ3v) is 4.11. The first-order chi connectivity index (χ1) is 9.99. The topological polar surface area (TPSA) is 55.1 Å². The van der Waals surface area contributed by atoms with Crippen molar-refractivity contribution >= 4 is 23.1 Å². The molecular weight excluding hydrogens is 280 g/mol. The Bertz CT molecular complexity index is 461. The van der Waals surface area contributed by atoms with Crippen molar-refractivity contribution in [1.29, 1.82) is 0 Å². The summed E-state index contributed by atoms with van der Waals surface area (Å²) in [4.78, 5) is 13.1. The van der Waals surface area contributed by atoms with Crippen LogP contribution in [-0.2, 0) is 4.79 Å². The Kier molecular flexibility index (Phi) is 7.37. The maximum absolute atomic E-state index is 12.7. The molecular formula is C17H26N2OS. The molecule has 116 valence electrons. The summed E-state index contributed by atoms with van der Waals surface area (Å²) in [5, 5.41) is 3.11. The zero-order valence-corrected chi connectivity index (χ0v) is 14.0. The van der Waals surface area contributed by atoms with Gasteiger partial charge in [0.15, 0.2) is 0 Å². The van der Waals surface area contributed by atoms with Crippen molar-refractivity contribution in [3.63, 3.8) is 0 Å². The summed E-state index contributed by atoms with van der Waals surface area (Å²) in [5.74, 6) is 0.227. The monoisotopic (exact) mass is 306 g/mol. The van der Waals surface area contributed by atoms with Crippen molar-refractivity contribution < 1.29 is 4.79 Å². The normalized spacial score (nSPS) is 15.0. The minimum Gasteiger partial charge on any atom is -0.393 e. The first kappa shape index (κ1) is 17.6. The smallest absolute Gasteiger partial charge is 0.228 e. The van der Waals surface area contributed by atoms with E-state index in [0.717, 1.165) is 18.4 Å². The summed E-state index contributed by atoms with van der Waals surface area (Å²) in [6, 6.07) is 9.98. The van der Waals surface area contributed by atoms with Gasteiger partial charge in [0.1, 0.15) is 0 Å². The molecule has 4 heteroatoms. The molecule has 1 rings (SSSR count). The van der Waals surface area contributed by atoms with Gasteiger partial charge in [0, 0.05) is 12.5 Å². The van der Waals surface area contributed by atoms with Gasteiger partial charge in [-0.25, -0.2) is 0 Å². The van der Waals surface area contributed by atoms with Gasteiger partial charge in [-0.3, -0.25) is 4.79 Å². The lowest BCUT2D eigenvalue weighted by Gasteiger charge is -2.25. The lowest BCUT2D eigenvalue weighted by Crippen LogP contribution is -2.41. The Labute approximate surface area is 133 Å². The minimum atomic E-state index is -0.128. The molecule has 0 heterocycles. The number of benzene rings is 1. The van der Waals surface area contributed by atoms with Crippen LogP contribution in [0.2, 0.25) is 0 Å². The highest BCUT2D eigenvalue weighted by atomic mass is 32.1. The van der Waals surface area contributed by atoms with Crippen LogP contribution in [0.4, 0.5) is 0 Å². The molecule has 0 spiro atoms. The first-order valence-corrected chi connectivity index (χ1v) is 8.04. The van der Waals surface area contributed by atoms with Gasteiger partial charge in [-0.05, 0) is 17.9 Å². The molecule has 0 saturated carbocycles. The van der Waals surface area contributed by atoms with Crippen LogP contribution < -0.4 is 11.1 Å². The molecule has 3 N–H and O–H groups in total. The fourth-order valence-corrected chi connectivity index (χ4v) is 2.67. The second kappa shape index (κ2) is 8.78. The van der Waals surface area contributed by atoms with E-state index in [0.29, 0.717) is 11.4 Å². The van der Waals surface area contributed by atoms with Gasteiger partial charge in [0.25, 0.3) is 0 Å². The molecule has 0 aliphatic carbocycles. The molecule has 1 amide bonds. The SMILES string of the molecule is CCC(CC(N)=S)NC(=O)C(c1ccccc1)C(C)CC. The zero-order chi connectivity index (χ0) is 15.8. The van der Waals surface area contributed by atoms with Gasteiger partial charge in [-0.2, -0.15) is 0 Å². The number of carbonyl (C=O) groups excluding carboxylic acids is 1. The molecule has 3 unspecified atom stereocenters. The number of rotatable bonds is 8. The Morgan fingerprint density at radius 3 is 2.33 bits per heavy atom. The number of hydrogen-bond acceptors (Lipinski definition) is 2. The van der Waals surface area contributed by atoms with Gasteiger partial charge in [0.05, 0.1) is 10.9 Å². The summed E-state index contributed by atoms with van der Waals surface area (Å²) in [6.45, 7) is 6.26. The summed E-state index contributed by atoms with van der Waals surface area (Å²) >= 11 is 4.95. The van der Waals surface area contributed by atoms with Crippen LogP contribution in [0.5, 0.6) is 0 Å². The second-order valence-corrected chi connectivity index (χ2v) is 6.08. The van der Waals surface area contributed by atoms with Crippen LogP contribution in [-0.4, -0.2) is 16.9 Å². The van der Waals surface area contributed by atoms with E-state index >= 15 is 0 Å². The Morgan fingerprint density at radius 1 is 1.24 bits per heavy atom. The minimum absolute atomic E-state index is 0.0188. The van der Waals surface area contributed by atoms with Gasteiger partial charge < -0.3 is 11.1 Å². The maximum atomic E-state index is 12.7. The molecule has 0 fully saturated rings. The van der Waals surface area contributed by atoms with Crippen LogP contribution in [0.3, 0.4) is 0 Å². The average molecular weight is 306 g/mol. The number of carbonyl (C=O) groups is 1. The number of amides is 1. The number of hydrogen-bond donors (Lipinski definition) is 2. The Hall–Kier alpha value is -1.42. The van der Waals surface area contributed by atoms with Crippen molar-refractivity contribution in [2.75, 3.05) is 0 Å². The van der Waals surface area contributed by atoms with E-state index in [1.165, 1.54) is 0 Å². The Balaban J connectivity index is 2.88. The molecule has 0 aliphatic heterocycles. The van der Waals surface area contributed by atoms with E-state index < -0.39 is 0 Å². The summed E-state index contributed by atoms with van der Waals surface area (Å²) < 4.78 is 0. The number of thiocarbonyl (C=S) groups is 1. The van der Waals surface area contributed by atoms with Crippen LogP contribution in [0.25, 0.3) is 0 Å². The highest BCUT2D eigenvalue weighted by molar-refractivity contribution is 7.80. The van der Waals surface area contributed by atoms with E-state index in [9.17, 15) is 4.79 Å². The van der Waals surface area contributed by atoms with Crippen LogP contribution in [0.1, 0.15) is 51.5 Å². The largest absolute Gasteiger partial charge is 0.393 e. The third kappa shape index (κ3) is 5.46. The second-order valence-electron chi connectivity index (χ2n) is 5.56. The van der Waals surface area contributed by atoms with E-state index in [4.69, 9.17) is 18.0 Å². The van der Waals surface area contributed by atoms with Gasteiger partial charge in [-0.1, -0.05) is 69.7 Å². The quantitative estimate of drug-likeness (QED) is 0.724. The predicted molar refractivity (Wildman–Crippen MR) is 92.3 cm³/mol. The van der Waals surface area contributed by atoms with E-state index in [2.05, 4.69) is 19.2 Å². The highest BCUT2D eigenvalue weighted by Crippen LogP contribution is 2.27. The highest BCUT2D eigenvalue weighted by Gasteiger charge is 2.27. The lowest BCUT2D eigenvalue weighted by atomic mass is 9.84. The van der Waals surface area contributed by atoms with E-state index in [-0.39, 0.29) is 23.8 Å². The van der Waals surface area contributed by atoms with Crippen molar-refractivity contribution in [3.05, 3.63) is 35.9 Å². The van der Waals surface area contributed by atoms with Gasteiger partial charge in [0.2, 0.25) is 5.91 Å². The molecule has 21 heavy (non-hydrogen) atoms. The van der Waals surface area contributed by atoms with E-state index in [1.807, 2.05) is 37.3 Å². The summed E-state index contributed by atoms with van der Waals surface area (Å²) in [5.41, 5.74) is 6.66. The Morgan fingerprint density at radius 2 is 1.86 bits per heavy atom. The zero-order valence-electron chi connectivity index (χ0n) is 13.1. The van der Waals surface area contributed by atoms with E-state index in [1.54, 1.807) is 0 Å². The summed E-state index contributed by atoms with van der Waals surface area (Å²) in [6.07, 6.45) is 2.34. The molecule has 1 aromatic rings. The van der Waals surface area contributed by atoms with Crippen LogP contribution in [0.15, 0.2) is 30.3 Å². The van der Waals surface area contributed by atoms with Crippen molar-refractivity contribution in [3.8, 4) is 0 Å². The van der Waals surface area contributed by atoms with Crippen LogP contribution >= 0.6 is 12.2 Å². The fourth-order valence-electron chi connectivity index (χ4n) is 2.47. The molecule has 0 saturated heterocycles.